The summed E-state index contributed by atoms with van der Waals surface area (Å²) in [6, 6.07) is 11.4. The molecule has 1 N–H and O–H groups in total. The largest absolute Gasteiger partial charge is 0.495 e. The highest BCUT2D eigenvalue weighted by Crippen LogP contribution is 2.36. The van der Waals surface area contributed by atoms with Crippen molar-refractivity contribution in [2.75, 3.05) is 17.3 Å². The summed E-state index contributed by atoms with van der Waals surface area (Å²) >= 11 is 18.1. The Labute approximate surface area is 158 Å². The van der Waals surface area contributed by atoms with E-state index in [0.717, 1.165) is 4.90 Å². The van der Waals surface area contributed by atoms with E-state index < -0.39 is 11.8 Å². The topological polar surface area (TPSA) is 58.6 Å². The van der Waals surface area contributed by atoms with Crippen LogP contribution in [0.25, 0.3) is 0 Å². The number of ether oxygens (including phenoxy) is 1. The first-order valence-electron chi connectivity index (χ1n) is 7.07. The smallest absolute Gasteiger partial charge is 0.283 e. The predicted octanol–water partition coefficient (Wildman–Crippen LogP) is 4.44. The van der Waals surface area contributed by atoms with E-state index in [0.29, 0.717) is 16.5 Å². The van der Waals surface area contributed by atoms with Gasteiger partial charge in [-0.25, -0.2) is 4.90 Å². The second-order valence-electron chi connectivity index (χ2n) is 5.06. The second-order valence-corrected chi connectivity index (χ2v) is 6.28. The number of hydrogen-bond donors (Lipinski definition) is 1. The molecule has 25 heavy (non-hydrogen) atoms. The number of anilines is 2. The first-order chi connectivity index (χ1) is 11.9. The van der Waals surface area contributed by atoms with Gasteiger partial charge in [0.1, 0.15) is 16.5 Å². The van der Waals surface area contributed by atoms with Crippen LogP contribution in [0.15, 0.2) is 53.2 Å². The normalized spacial score (nSPS) is 14.3. The Bertz CT molecular complexity index is 912. The molecule has 1 aliphatic rings. The number of hydrogen-bond acceptors (Lipinski definition) is 4. The maximum absolute atomic E-state index is 12.7. The third kappa shape index (κ3) is 3.18. The summed E-state index contributed by atoms with van der Waals surface area (Å²) in [6.07, 6.45) is 0. The lowest BCUT2D eigenvalue weighted by atomic mass is 10.2. The molecule has 0 atom stereocenters. The molecule has 8 heteroatoms. The van der Waals surface area contributed by atoms with Gasteiger partial charge >= 0.3 is 0 Å². The maximum Gasteiger partial charge on any atom is 0.283 e. The molecule has 3 rings (SSSR count). The van der Waals surface area contributed by atoms with Crippen LogP contribution in [-0.4, -0.2) is 18.9 Å². The summed E-state index contributed by atoms with van der Waals surface area (Å²) in [6.45, 7) is 0. The van der Waals surface area contributed by atoms with Crippen LogP contribution in [0.2, 0.25) is 10.0 Å². The fourth-order valence-electron chi connectivity index (χ4n) is 2.38. The molecule has 2 aromatic carbocycles. The molecule has 1 aliphatic heterocycles. The molecule has 1 heterocycles. The molecule has 5 nitrogen and oxygen atoms in total. The van der Waals surface area contributed by atoms with E-state index in [1.165, 1.54) is 25.3 Å². The first-order valence-corrected chi connectivity index (χ1v) is 8.21. The number of para-hydroxylation sites is 2. The van der Waals surface area contributed by atoms with Crippen molar-refractivity contribution in [2.24, 2.45) is 0 Å². The van der Waals surface area contributed by atoms with Crippen LogP contribution in [-0.2, 0) is 9.59 Å². The van der Waals surface area contributed by atoms with Gasteiger partial charge in [0, 0.05) is 5.02 Å². The lowest BCUT2D eigenvalue weighted by molar-refractivity contribution is -0.120. The van der Waals surface area contributed by atoms with Gasteiger partial charge < -0.3 is 10.1 Å². The number of imide groups is 1. The average molecular weight is 398 g/mol. The van der Waals surface area contributed by atoms with Gasteiger partial charge in [-0.05, 0) is 30.3 Å². The molecule has 2 aromatic rings. The highest BCUT2D eigenvalue weighted by molar-refractivity contribution is 6.54. The van der Waals surface area contributed by atoms with Crippen LogP contribution in [0.1, 0.15) is 0 Å². The number of rotatable bonds is 4. The van der Waals surface area contributed by atoms with E-state index in [-0.39, 0.29) is 21.4 Å². The summed E-state index contributed by atoms with van der Waals surface area (Å²) in [5.41, 5.74) is 0.654. The quantitative estimate of drug-likeness (QED) is 0.775. The number of nitrogens with one attached hydrogen (secondary N) is 1. The Morgan fingerprint density at radius 3 is 2.40 bits per heavy atom. The van der Waals surface area contributed by atoms with E-state index in [1.807, 2.05) is 0 Å². The fraction of sp³-hybridized carbons (Fsp3) is 0.0588. The van der Waals surface area contributed by atoms with E-state index in [1.54, 1.807) is 24.3 Å². The summed E-state index contributed by atoms with van der Waals surface area (Å²) in [5.74, 6) is -0.791. The van der Waals surface area contributed by atoms with Crippen molar-refractivity contribution in [1.29, 1.82) is 0 Å². The van der Waals surface area contributed by atoms with Gasteiger partial charge in [0.05, 0.1) is 23.5 Å². The molecule has 0 aliphatic carbocycles. The highest BCUT2D eigenvalue weighted by Gasteiger charge is 2.40. The molecule has 2 amide bonds. The van der Waals surface area contributed by atoms with Crippen LogP contribution >= 0.6 is 34.8 Å². The van der Waals surface area contributed by atoms with Gasteiger partial charge in [-0.1, -0.05) is 46.9 Å². The number of halogens is 3. The van der Waals surface area contributed by atoms with E-state index in [2.05, 4.69) is 5.32 Å². The number of benzene rings is 2. The minimum atomic E-state index is -0.673. The SMILES string of the molecule is COc1ccccc1NC1=C(Cl)C(=O)N(c2ccc(Cl)cc2Cl)C1=O. The van der Waals surface area contributed by atoms with Crippen molar-refractivity contribution in [1.82, 2.24) is 0 Å². The predicted molar refractivity (Wildman–Crippen MR) is 98.5 cm³/mol. The number of carbonyl (C=O) groups is 2. The van der Waals surface area contributed by atoms with Gasteiger partial charge in [0.25, 0.3) is 11.8 Å². The third-order valence-corrected chi connectivity index (χ3v) is 4.43. The Hall–Kier alpha value is -2.21. The molecular formula is C17H11Cl3N2O3. The van der Waals surface area contributed by atoms with E-state index in [9.17, 15) is 9.59 Å². The summed E-state index contributed by atoms with van der Waals surface area (Å²) in [5, 5.41) is 3.18. The zero-order valence-corrected chi connectivity index (χ0v) is 15.1. The van der Waals surface area contributed by atoms with Crippen LogP contribution in [0.3, 0.4) is 0 Å². The molecule has 0 aromatic heterocycles. The number of methoxy groups -OCH3 is 1. The first kappa shape index (κ1) is 17.6. The highest BCUT2D eigenvalue weighted by atomic mass is 35.5. The van der Waals surface area contributed by atoms with Gasteiger partial charge in [-0.15, -0.1) is 0 Å². The molecule has 128 valence electrons. The molecular weight excluding hydrogens is 387 g/mol. The van der Waals surface area contributed by atoms with Crippen molar-refractivity contribution in [3.63, 3.8) is 0 Å². The van der Waals surface area contributed by atoms with Gasteiger partial charge in [-0.3, -0.25) is 9.59 Å². The monoisotopic (exact) mass is 396 g/mol. The Kier molecular flexibility index (Phi) is 4.90. The number of carbonyl (C=O) groups excluding carboxylic acids is 2. The molecule has 0 fully saturated rings. The third-order valence-electron chi connectivity index (χ3n) is 3.54. The van der Waals surface area contributed by atoms with Gasteiger partial charge in [0.15, 0.2) is 0 Å². The van der Waals surface area contributed by atoms with Crippen LogP contribution in [0.4, 0.5) is 11.4 Å². The number of amides is 2. The molecule has 0 spiro atoms. The van der Waals surface area contributed by atoms with Gasteiger partial charge in [-0.2, -0.15) is 0 Å². The Morgan fingerprint density at radius 2 is 1.72 bits per heavy atom. The van der Waals surface area contributed by atoms with Crippen molar-refractivity contribution < 1.29 is 14.3 Å². The average Bonchev–Trinajstić information content (AvgIpc) is 2.80. The van der Waals surface area contributed by atoms with Gasteiger partial charge in [0.2, 0.25) is 0 Å². The minimum absolute atomic E-state index is 0.0535. The maximum atomic E-state index is 12.7. The molecule has 0 saturated heterocycles. The fourth-order valence-corrected chi connectivity index (χ4v) is 3.08. The summed E-state index contributed by atoms with van der Waals surface area (Å²) in [7, 11) is 1.50. The second kappa shape index (κ2) is 6.96. The van der Waals surface area contributed by atoms with E-state index >= 15 is 0 Å². The van der Waals surface area contributed by atoms with Crippen molar-refractivity contribution in [3.05, 3.63) is 63.2 Å². The Balaban J connectivity index is 1.97. The zero-order chi connectivity index (χ0) is 18.1. The molecule has 0 unspecified atom stereocenters. The van der Waals surface area contributed by atoms with Crippen molar-refractivity contribution in [3.8, 4) is 5.75 Å². The molecule has 0 saturated carbocycles. The van der Waals surface area contributed by atoms with E-state index in [4.69, 9.17) is 39.5 Å². The van der Waals surface area contributed by atoms with Crippen molar-refractivity contribution in [2.45, 2.75) is 0 Å². The van der Waals surface area contributed by atoms with Crippen LogP contribution in [0.5, 0.6) is 5.75 Å². The number of nitrogens with zero attached hydrogens (tertiary/aromatic N) is 1. The minimum Gasteiger partial charge on any atom is -0.495 e. The summed E-state index contributed by atoms with van der Waals surface area (Å²) < 4.78 is 5.22. The summed E-state index contributed by atoms with van der Waals surface area (Å²) in [4.78, 5) is 26.1. The van der Waals surface area contributed by atoms with Crippen LogP contribution < -0.4 is 15.0 Å². The van der Waals surface area contributed by atoms with Crippen molar-refractivity contribution >= 4 is 58.0 Å². The molecule has 0 bridgehead atoms. The van der Waals surface area contributed by atoms with Crippen LogP contribution in [0, 0.1) is 0 Å². The lowest BCUT2D eigenvalue weighted by Crippen LogP contribution is -2.32. The zero-order valence-electron chi connectivity index (χ0n) is 12.8. The lowest BCUT2D eigenvalue weighted by Gasteiger charge is -2.17. The Morgan fingerprint density at radius 1 is 1.00 bits per heavy atom. The molecule has 0 radical (unpaired) electrons. The standard InChI is InChI=1S/C17H11Cl3N2O3/c1-25-13-5-3-2-4-11(13)21-15-14(20)16(23)22(17(15)24)12-7-6-9(18)8-10(12)19/h2-8,21H,1H3.